The van der Waals surface area contributed by atoms with Crippen molar-refractivity contribution in [3.05, 3.63) is 54.4 Å². The number of benzene rings is 1. The molecule has 0 unspecified atom stereocenters. The van der Waals surface area contributed by atoms with E-state index in [-0.39, 0.29) is 18.6 Å². The molecule has 4 nitrogen and oxygen atoms in total. The van der Waals surface area contributed by atoms with E-state index < -0.39 is 0 Å². The van der Waals surface area contributed by atoms with Gasteiger partial charge in [-0.25, -0.2) is 0 Å². The molecule has 1 amide bonds. The summed E-state index contributed by atoms with van der Waals surface area (Å²) in [7, 11) is 0. The Balaban J connectivity index is 1.79. The van der Waals surface area contributed by atoms with Crippen molar-refractivity contribution in [2.24, 2.45) is 0 Å². The minimum atomic E-state index is -0.0216. The van der Waals surface area contributed by atoms with Gasteiger partial charge in [0.05, 0.1) is 12.6 Å². The molecular weight excluding hydrogens is 252 g/mol. The van der Waals surface area contributed by atoms with E-state index in [1.165, 1.54) is 0 Å². The van der Waals surface area contributed by atoms with Crippen molar-refractivity contribution < 1.29 is 9.90 Å². The fourth-order valence-corrected chi connectivity index (χ4v) is 2.74. The van der Waals surface area contributed by atoms with Gasteiger partial charge in [0.25, 0.3) is 5.91 Å². The van der Waals surface area contributed by atoms with Crippen LogP contribution in [0.2, 0.25) is 0 Å². The second-order valence-electron chi connectivity index (χ2n) is 5.11. The predicted molar refractivity (Wildman–Crippen MR) is 76.9 cm³/mol. The van der Waals surface area contributed by atoms with Crippen LogP contribution in [0.25, 0.3) is 5.69 Å². The molecule has 1 saturated heterocycles. The number of likely N-dealkylation sites (tertiary alicyclic amines) is 1. The standard InChI is InChI=1S/C16H18N2O2/c19-12-15-4-3-11-18(15)16(20)13-5-7-14(8-6-13)17-9-1-2-10-17/h1-2,5-10,15,19H,3-4,11-12H2/t15-/m0/s1. The lowest BCUT2D eigenvalue weighted by molar-refractivity contribution is 0.0677. The van der Waals surface area contributed by atoms with E-state index in [0.717, 1.165) is 25.1 Å². The summed E-state index contributed by atoms with van der Waals surface area (Å²) in [5, 5.41) is 9.30. The third-order valence-electron chi connectivity index (χ3n) is 3.87. The molecule has 0 aliphatic carbocycles. The molecule has 1 N–H and O–H groups in total. The summed E-state index contributed by atoms with van der Waals surface area (Å²) in [4.78, 5) is 14.2. The normalized spacial score (nSPS) is 18.4. The lowest BCUT2D eigenvalue weighted by atomic mass is 10.1. The van der Waals surface area contributed by atoms with Crippen LogP contribution < -0.4 is 0 Å². The molecule has 4 heteroatoms. The van der Waals surface area contributed by atoms with Crippen LogP contribution >= 0.6 is 0 Å². The molecule has 1 atom stereocenters. The van der Waals surface area contributed by atoms with E-state index in [0.29, 0.717) is 5.56 Å². The highest BCUT2D eigenvalue weighted by Gasteiger charge is 2.28. The van der Waals surface area contributed by atoms with Gasteiger partial charge in [0.15, 0.2) is 0 Å². The Morgan fingerprint density at radius 2 is 1.90 bits per heavy atom. The molecule has 20 heavy (non-hydrogen) atoms. The number of carbonyl (C=O) groups excluding carboxylic acids is 1. The molecule has 1 fully saturated rings. The molecule has 0 spiro atoms. The molecule has 0 saturated carbocycles. The maximum atomic E-state index is 12.4. The van der Waals surface area contributed by atoms with Crippen LogP contribution in [0.4, 0.5) is 0 Å². The molecule has 1 aromatic heterocycles. The maximum absolute atomic E-state index is 12.4. The van der Waals surface area contributed by atoms with Gasteiger partial charge in [-0.1, -0.05) is 0 Å². The molecule has 1 aromatic carbocycles. The van der Waals surface area contributed by atoms with Crippen LogP contribution in [-0.4, -0.2) is 39.7 Å². The largest absolute Gasteiger partial charge is 0.394 e. The van der Waals surface area contributed by atoms with Crippen molar-refractivity contribution in [3.63, 3.8) is 0 Å². The van der Waals surface area contributed by atoms with Gasteiger partial charge < -0.3 is 14.6 Å². The van der Waals surface area contributed by atoms with Gasteiger partial charge in [0.2, 0.25) is 0 Å². The van der Waals surface area contributed by atoms with Crippen molar-refractivity contribution in [2.45, 2.75) is 18.9 Å². The highest BCUT2D eigenvalue weighted by atomic mass is 16.3. The van der Waals surface area contributed by atoms with Crippen LogP contribution in [0.5, 0.6) is 0 Å². The number of aromatic nitrogens is 1. The Labute approximate surface area is 118 Å². The fourth-order valence-electron chi connectivity index (χ4n) is 2.74. The predicted octanol–water partition coefficient (Wildman–Crippen LogP) is 2.07. The van der Waals surface area contributed by atoms with E-state index in [2.05, 4.69) is 0 Å². The second kappa shape index (κ2) is 5.51. The quantitative estimate of drug-likeness (QED) is 0.928. The average Bonchev–Trinajstić information content (AvgIpc) is 3.17. The van der Waals surface area contributed by atoms with Gasteiger partial charge in [-0.15, -0.1) is 0 Å². The summed E-state index contributed by atoms with van der Waals surface area (Å²) >= 11 is 0. The van der Waals surface area contributed by atoms with Crippen molar-refractivity contribution in [1.82, 2.24) is 9.47 Å². The number of aliphatic hydroxyl groups excluding tert-OH is 1. The molecule has 0 radical (unpaired) electrons. The summed E-state index contributed by atoms with van der Waals surface area (Å²) in [6.07, 6.45) is 5.81. The molecule has 3 rings (SSSR count). The second-order valence-corrected chi connectivity index (χ2v) is 5.11. The summed E-state index contributed by atoms with van der Waals surface area (Å²) in [5.41, 5.74) is 1.72. The zero-order valence-electron chi connectivity index (χ0n) is 11.3. The van der Waals surface area contributed by atoms with Gasteiger partial charge in [-0.05, 0) is 49.2 Å². The van der Waals surface area contributed by atoms with Crippen molar-refractivity contribution in [2.75, 3.05) is 13.2 Å². The molecule has 1 aliphatic rings. The Hall–Kier alpha value is -2.07. The van der Waals surface area contributed by atoms with E-state index in [4.69, 9.17) is 0 Å². The van der Waals surface area contributed by atoms with Crippen LogP contribution in [0, 0.1) is 0 Å². The van der Waals surface area contributed by atoms with Gasteiger partial charge in [-0.3, -0.25) is 4.79 Å². The summed E-state index contributed by atoms with van der Waals surface area (Å²) in [6.45, 7) is 0.788. The van der Waals surface area contributed by atoms with Crippen molar-refractivity contribution in [3.8, 4) is 5.69 Å². The van der Waals surface area contributed by atoms with E-state index in [9.17, 15) is 9.90 Å². The molecule has 104 valence electrons. The minimum absolute atomic E-state index is 0.0145. The maximum Gasteiger partial charge on any atom is 0.254 e. The third kappa shape index (κ3) is 2.34. The Bertz CT molecular complexity index is 575. The van der Waals surface area contributed by atoms with Crippen molar-refractivity contribution >= 4 is 5.91 Å². The first-order chi connectivity index (χ1) is 9.79. The Kier molecular flexibility index (Phi) is 3.56. The van der Waals surface area contributed by atoms with E-state index >= 15 is 0 Å². The number of aliphatic hydroxyl groups is 1. The Morgan fingerprint density at radius 3 is 2.55 bits per heavy atom. The number of carbonyl (C=O) groups is 1. The highest BCUT2D eigenvalue weighted by Crippen LogP contribution is 2.20. The summed E-state index contributed by atoms with van der Waals surface area (Å²) in [5.74, 6) is 0.0145. The fraction of sp³-hybridized carbons (Fsp3) is 0.312. The minimum Gasteiger partial charge on any atom is -0.394 e. The molecule has 0 bridgehead atoms. The summed E-state index contributed by atoms with van der Waals surface area (Å²) < 4.78 is 2.00. The number of rotatable bonds is 3. The zero-order chi connectivity index (χ0) is 13.9. The first kappa shape index (κ1) is 12.9. The van der Waals surface area contributed by atoms with Crippen LogP contribution in [0.3, 0.4) is 0 Å². The van der Waals surface area contributed by atoms with Crippen LogP contribution in [0.15, 0.2) is 48.8 Å². The molecule has 1 aliphatic heterocycles. The van der Waals surface area contributed by atoms with Crippen LogP contribution in [-0.2, 0) is 0 Å². The Morgan fingerprint density at radius 1 is 1.20 bits per heavy atom. The van der Waals surface area contributed by atoms with Gasteiger partial charge in [0, 0.05) is 30.2 Å². The first-order valence-corrected chi connectivity index (χ1v) is 6.95. The molecular formula is C16H18N2O2. The van der Waals surface area contributed by atoms with Gasteiger partial charge >= 0.3 is 0 Å². The summed E-state index contributed by atoms with van der Waals surface area (Å²) in [6, 6.07) is 11.5. The van der Waals surface area contributed by atoms with Gasteiger partial charge in [-0.2, -0.15) is 0 Å². The van der Waals surface area contributed by atoms with Gasteiger partial charge in [0.1, 0.15) is 0 Å². The zero-order valence-corrected chi connectivity index (χ0v) is 11.3. The lowest BCUT2D eigenvalue weighted by Crippen LogP contribution is -2.37. The third-order valence-corrected chi connectivity index (χ3v) is 3.87. The highest BCUT2D eigenvalue weighted by molar-refractivity contribution is 5.94. The topological polar surface area (TPSA) is 45.5 Å². The average molecular weight is 270 g/mol. The number of amides is 1. The first-order valence-electron chi connectivity index (χ1n) is 6.95. The van der Waals surface area contributed by atoms with Crippen molar-refractivity contribution in [1.29, 1.82) is 0 Å². The van der Waals surface area contributed by atoms with Crippen LogP contribution in [0.1, 0.15) is 23.2 Å². The number of hydrogen-bond donors (Lipinski definition) is 1. The number of hydrogen-bond acceptors (Lipinski definition) is 2. The number of nitrogens with zero attached hydrogens (tertiary/aromatic N) is 2. The molecule has 2 aromatic rings. The van der Waals surface area contributed by atoms with E-state index in [1.807, 2.05) is 53.4 Å². The monoisotopic (exact) mass is 270 g/mol. The van der Waals surface area contributed by atoms with E-state index in [1.54, 1.807) is 4.90 Å². The molecule has 2 heterocycles. The lowest BCUT2D eigenvalue weighted by Gasteiger charge is -2.23. The smallest absolute Gasteiger partial charge is 0.254 e. The SMILES string of the molecule is O=C(c1ccc(-n2cccc2)cc1)N1CCC[C@H]1CO.